The molecule has 2 rings (SSSR count). The van der Waals surface area contributed by atoms with Gasteiger partial charge in [0.15, 0.2) is 6.29 Å². The Morgan fingerprint density at radius 3 is 3.17 bits per heavy atom. The molecular weight excluding hydrogens is 318 g/mol. The lowest BCUT2D eigenvalue weighted by molar-refractivity contribution is -0.200. The van der Waals surface area contributed by atoms with Gasteiger partial charge in [-0.25, -0.2) is 10.3 Å². The van der Waals surface area contributed by atoms with E-state index in [-0.39, 0.29) is 12.2 Å². The van der Waals surface area contributed by atoms with Gasteiger partial charge in [0.1, 0.15) is 0 Å². The Labute approximate surface area is 119 Å². The molecule has 1 aliphatic rings. The molecule has 0 unspecified atom stereocenters. The van der Waals surface area contributed by atoms with E-state index in [1.54, 1.807) is 11.3 Å². The maximum absolute atomic E-state index is 11.6. The molecule has 0 aromatic carbocycles. The van der Waals surface area contributed by atoms with E-state index in [1.165, 1.54) is 4.88 Å². The summed E-state index contributed by atoms with van der Waals surface area (Å²) in [5.74, 6) is -0.103. The molecule has 1 atom stereocenters. The fourth-order valence-electron chi connectivity index (χ4n) is 1.71. The summed E-state index contributed by atoms with van der Waals surface area (Å²) in [6.07, 6.45) is 3.89. The standard InChI is InChI=1S/C12H16BrNO3S/c13-9-7-10(18-8-9)4-5-11(15)14-17-12-3-1-2-6-16-12/h7-8,12H,1-6H2,(H,14,15)/t12-/m0/s1. The van der Waals surface area contributed by atoms with Gasteiger partial charge in [0.2, 0.25) is 5.91 Å². The van der Waals surface area contributed by atoms with Crippen molar-refractivity contribution in [2.75, 3.05) is 6.61 Å². The Balaban J connectivity index is 1.62. The number of carbonyl (C=O) groups is 1. The van der Waals surface area contributed by atoms with Gasteiger partial charge in [0.05, 0.1) is 0 Å². The van der Waals surface area contributed by atoms with E-state index in [0.717, 1.165) is 30.2 Å². The maximum atomic E-state index is 11.6. The van der Waals surface area contributed by atoms with Crippen LogP contribution in [-0.4, -0.2) is 18.8 Å². The van der Waals surface area contributed by atoms with Gasteiger partial charge in [0.25, 0.3) is 0 Å². The Morgan fingerprint density at radius 1 is 1.61 bits per heavy atom. The third-order valence-electron chi connectivity index (χ3n) is 2.66. The van der Waals surface area contributed by atoms with Gasteiger partial charge in [-0.05, 0) is 41.3 Å². The maximum Gasteiger partial charge on any atom is 0.243 e. The van der Waals surface area contributed by atoms with Crippen LogP contribution in [0.4, 0.5) is 0 Å². The zero-order valence-electron chi connectivity index (χ0n) is 9.99. The molecular formula is C12H16BrNO3S. The number of hydrogen-bond donors (Lipinski definition) is 1. The Hall–Kier alpha value is -0.430. The molecule has 6 heteroatoms. The van der Waals surface area contributed by atoms with Gasteiger partial charge in [-0.3, -0.25) is 4.79 Å². The van der Waals surface area contributed by atoms with E-state index in [9.17, 15) is 4.79 Å². The smallest absolute Gasteiger partial charge is 0.243 e. The first-order chi connectivity index (χ1) is 8.74. The quantitative estimate of drug-likeness (QED) is 0.842. The summed E-state index contributed by atoms with van der Waals surface area (Å²) in [5.41, 5.74) is 2.46. The minimum Gasteiger partial charge on any atom is -0.350 e. The predicted molar refractivity (Wildman–Crippen MR) is 73.2 cm³/mol. The summed E-state index contributed by atoms with van der Waals surface area (Å²) in [6.45, 7) is 0.712. The van der Waals surface area contributed by atoms with E-state index >= 15 is 0 Å². The van der Waals surface area contributed by atoms with Crippen LogP contribution < -0.4 is 5.48 Å². The van der Waals surface area contributed by atoms with Gasteiger partial charge in [-0.15, -0.1) is 11.3 Å². The number of nitrogens with one attached hydrogen (secondary N) is 1. The van der Waals surface area contributed by atoms with Crippen LogP contribution in [0.1, 0.15) is 30.6 Å². The molecule has 18 heavy (non-hydrogen) atoms. The fraction of sp³-hybridized carbons (Fsp3) is 0.583. The molecule has 1 aromatic heterocycles. The summed E-state index contributed by atoms with van der Waals surface area (Å²) < 4.78 is 6.42. The molecule has 0 aliphatic carbocycles. The number of rotatable bonds is 5. The number of thiophene rings is 1. The second kappa shape index (κ2) is 7.23. The number of aryl methyl sites for hydroxylation is 1. The van der Waals surface area contributed by atoms with Crippen LogP contribution in [0.25, 0.3) is 0 Å². The van der Waals surface area contributed by atoms with E-state index < -0.39 is 0 Å². The highest BCUT2D eigenvalue weighted by Gasteiger charge is 2.15. The fourth-order valence-corrected chi connectivity index (χ4v) is 3.16. The molecule has 1 aromatic rings. The van der Waals surface area contributed by atoms with Crippen molar-refractivity contribution in [3.63, 3.8) is 0 Å². The van der Waals surface area contributed by atoms with Gasteiger partial charge < -0.3 is 4.74 Å². The molecule has 0 saturated carbocycles. The number of hydrogen-bond acceptors (Lipinski definition) is 4. The highest BCUT2D eigenvalue weighted by atomic mass is 79.9. The molecule has 2 heterocycles. The lowest BCUT2D eigenvalue weighted by Crippen LogP contribution is -2.33. The summed E-state index contributed by atoms with van der Waals surface area (Å²) in [7, 11) is 0. The molecule has 4 nitrogen and oxygen atoms in total. The monoisotopic (exact) mass is 333 g/mol. The molecule has 1 saturated heterocycles. The summed E-state index contributed by atoms with van der Waals surface area (Å²) in [6, 6.07) is 2.03. The van der Waals surface area contributed by atoms with Gasteiger partial charge in [0, 0.05) is 34.2 Å². The van der Waals surface area contributed by atoms with Crippen molar-refractivity contribution in [2.45, 2.75) is 38.4 Å². The molecule has 100 valence electrons. The Kier molecular flexibility index (Phi) is 5.62. The number of ether oxygens (including phenoxy) is 1. The minimum absolute atomic E-state index is 0.103. The van der Waals surface area contributed by atoms with Crippen LogP contribution in [-0.2, 0) is 20.8 Å². The van der Waals surface area contributed by atoms with E-state index in [1.807, 2.05) is 11.4 Å². The zero-order chi connectivity index (χ0) is 12.8. The third-order valence-corrected chi connectivity index (χ3v) is 4.42. The summed E-state index contributed by atoms with van der Waals surface area (Å²) in [5, 5.41) is 2.01. The molecule has 0 spiro atoms. The predicted octanol–water partition coefficient (Wildman–Crippen LogP) is 3.02. The highest BCUT2D eigenvalue weighted by molar-refractivity contribution is 9.10. The minimum atomic E-state index is -0.279. The SMILES string of the molecule is O=C(CCc1cc(Br)cs1)NO[C@H]1CCCCO1. The van der Waals surface area contributed by atoms with Gasteiger partial charge in [-0.1, -0.05) is 0 Å². The third kappa shape index (κ3) is 4.68. The number of halogens is 1. The van der Waals surface area contributed by atoms with E-state index in [0.29, 0.717) is 13.0 Å². The lowest BCUT2D eigenvalue weighted by Gasteiger charge is -2.22. The highest BCUT2D eigenvalue weighted by Crippen LogP contribution is 2.20. The molecule has 0 radical (unpaired) electrons. The number of amides is 1. The van der Waals surface area contributed by atoms with Crippen molar-refractivity contribution >= 4 is 33.2 Å². The number of carbonyl (C=O) groups excluding carboxylic acids is 1. The lowest BCUT2D eigenvalue weighted by atomic mass is 10.2. The van der Waals surface area contributed by atoms with Gasteiger partial charge >= 0.3 is 0 Å². The summed E-state index contributed by atoms with van der Waals surface area (Å²) in [4.78, 5) is 18.0. The van der Waals surface area contributed by atoms with E-state index in [2.05, 4.69) is 21.4 Å². The molecule has 1 aliphatic heterocycles. The first-order valence-electron chi connectivity index (χ1n) is 6.03. The Morgan fingerprint density at radius 2 is 2.50 bits per heavy atom. The van der Waals surface area contributed by atoms with Crippen molar-refractivity contribution < 1.29 is 14.4 Å². The average molecular weight is 334 g/mol. The molecule has 1 N–H and O–H groups in total. The van der Waals surface area contributed by atoms with Crippen molar-refractivity contribution in [2.24, 2.45) is 0 Å². The van der Waals surface area contributed by atoms with Crippen molar-refractivity contribution in [1.29, 1.82) is 0 Å². The first-order valence-corrected chi connectivity index (χ1v) is 7.70. The van der Waals surface area contributed by atoms with Crippen molar-refractivity contribution in [3.8, 4) is 0 Å². The van der Waals surface area contributed by atoms with Gasteiger partial charge in [-0.2, -0.15) is 0 Å². The average Bonchev–Trinajstić information content (AvgIpc) is 2.81. The second-order valence-corrected chi connectivity index (χ2v) is 6.08. The van der Waals surface area contributed by atoms with Crippen LogP contribution >= 0.6 is 27.3 Å². The normalized spacial score (nSPS) is 19.7. The van der Waals surface area contributed by atoms with Crippen LogP contribution in [0.15, 0.2) is 15.9 Å². The number of hydroxylamine groups is 1. The van der Waals surface area contributed by atoms with Crippen LogP contribution in [0.3, 0.4) is 0 Å². The topological polar surface area (TPSA) is 47.6 Å². The zero-order valence-corrected chi connectivity index (χ0v) is 12.4. The second-order valence-electron chi connectivity index (χ2n) is 4.17. The van der Waals surface area contributed by atoms with Crippen molar-refractivity contribution in [1.82, 2.24) is 5.48 Å². The molecule has 0 bridgehead atoms. The Bertz CT molecular complexity index is 390. The largest absolute Gasteiger partial charge is 0.350 e. The van der Waals surface area contributed by atoms with Crippen LogP contribution in [0, 0.1) is 0 Å². The molecule has 1 fully saturated rings. The summed E-state index contributed by atoms with van der Waals surface area (Å²) >= 11 is 5.04. The van der Waals surface area contributed by atoms with E-state index in [4.69, 9.17) is 9.57 Å². The van der Waals surface area contributed by atoms with Crippen LogP contribution in [0.5, 0.6) is 0 Å². The van der Waals surface area contributed by atoms with Crippen molar-refractivity contribution in [3.05, 3.63) is 20.8 Å². The molecule has 1 amide bonds. The first kappa shape index (κ1) is 14.0. The van der Waals surface area contributed by atoms with Crippen LogP contribution in [0.2, 0.25) is 0 Å².